The molecule has 1 heterocycles. The number of nitrogens with one attached hydrogen (secondary N) is 2. The molecule has 0 bridgehead atoms. The second-order valence-electron chi connectivity index (χ2n) is 5.42. The van der Waals surface area contributed by atoms with Crippen LogP contribution in [0.4, 0.5) is 10.8 Å². The first-order chi connectivity index (χ1) is 12.7. The van der Waals surface area contributed by atoms with E-state index in [1.165, 1.54) is 23.5 Å². The molecule has 2 aromatic carbocycles. The molecule has 0 aliphatic carbocycles. The number of aromatic nitrogens is 1. The van der Waals surface area contributed by atoms with E-state index in [0.29, 0.717) is 15.7 Å². The number of non-ortho nitro benzene ring substituents is 1. The molecule has 1 aromatic heterocycles. The summed E-state index contributed by atoms with van der Waals surface area (Å²) in [5.74, 6) is -0.666. The van der Waals surface area contributed by atoms with Gasteiger partial charge in [-0.05, 0) is 42.9 Å². The fourth-order valence-corrected chi connectivity index (χ4v) is 3.77. The molecule has 0 spiro atoms. The average molecular weight is 441 g/mol. The second kappa shape index (κ2) is 7.73. The number of carbonyl (C=O) groups excluding carboxylic acids is 1. The highest BCUT2D eigenvalue weighted by atomic mass is 35.5. The molecule has 0 atom stereocenters. The Hall–Kier alpha value is -2.33. The Morgan fingerprint density at radius 1 is 1.26 bits per heavy atom. The van der Waals surface area contributed by atoms with E-state index >= 15 is 0 Å². The van der Waals surface area contributed by atoms with Crippen LogP contribution in [0, 0.1) is 17.0 Å². The molecule has 0 fully saturated rings. The topological polar surface area (TPSA) is 97.2 Å². The third-order valence-corrected chi connectivity index (χ3v) is 5.40. The lowest BCUT2D eigenvalue weighted by atomic mass is 10.2. The number of fused-ring (bicyclic) bond motifs is 1. The van der Waals surface area contributed by atoms with Crippen LogP contribution in [0.2, 0.25) is 10.0 Å². The molecule has 7 nitrogen and oxygen atoms in total. The number of benzene rings is 2. The number of halogens is 2. The highest BCUT2D eigenvalue weighted by molar-refractivity contribution is 7.80. The van der Waals surface area contributed by atoms with Gasteiger partial charge in [-0.15, -0.1) is 0 Å². The van der Waals surface area contributed by atoms with Crippen LogP contribution in [-0.4, -0.2) is 20.9 Å². The van der Waals surface area contributed by atoms with Crippen LogP contribution in [0.3, 0.4) is 0 Å². The fraction of sp³-hybridized carbons (Fsp3) is 0.0625. The molecule has 2 N–H and O–H groups in total. The minimum Gasteiger partial charge on any atom is -0.308 e. The van der Waals surface area contributed by atoms with Gasteiger partial charge in [0.15, 0.2) is 10.2 Å². The van der Waals surface area contributed by atoms with Crippen molar-refractivity contribution in [1.29, 1.82) is 0 Å². The van der Waals surface area contributed by atoms with E-state index in [0.717, 1.165) is 16.3 Å². The van der Waals surface area contributed by atoms with Crippen molar-refractivity contribution in [3.63, 3.8) is 0 Å². The molecule has 27 heavy (non-hydrogen) atoms. The van der Waals surface area contributed by atoms with E-state index in [4.69, 9.17) is 35.4 Å². The number of nitro benzene ring substituents is 1. The number of thiocarbonyl (C=S) groups is 1. The monoisotopic (exact) mass is 440 g/mol. The van der Waals surface area contributed by atoms with E-state index in [2.05, 4.69) is 15.6 Å². The van der Waals surface area contributed by atoms with Crippen LogP contribution in [-0.2, 0) is 0 Å². The number of thiazole rings is 1. The first-order valence-electron chi connectivity index (χ1n) is 7.37. The number of hydrogen-bond acceptors (Lipinski definition) is 6. The van der Waals surface area contributed by atoms with Crippen molar-refractivity contribution in [1.82, 2.24) is 10.3 Å². The molecule has 1 amide bonds. The first-order valence-corrected chi connectivity index (χ1v) is 9.35. The van der Waals surface area contributed by atoms with Gasteiger partial charge in [0, 0.05) is 17.2 Å². The van der Waals surface area contributed by atoms with E-state index in [1.807, 2.05) is 13.0 Å². The van der Waals surface area contributed by atoms with Gasteiger partial charge >= 0.3 is 0 Å². The maximum Gasteiger partial charge on any atom is 0.270 e. The van der Waals surface area contributed by atoms with E-state index in [9.17, 15) is 14.9 Å². The second-order valence-corrected chi connectivity index (χ2v) is 7.67. The number of nitrogens with zero attached hydrogens (tertiary/aromatic N) is 2. The zero-order chi connectivity index (χ0) is 19.7. The summed E-state index contributed by atoms with van der Waals surface area (Å²) < 4.78 is 0.912. The molecule has 0 aliphatic heterocycles. The van der Waals surface area contributed by atoms with Gasteiger partial charge < -0.3 is 5.32 Å². The van der Waals surface area contributed by atoms with Crippen molar-refractivity contribution in [2.75, 3.05) is 5.32 Å². The standard InChI is InChI=1S/C16H10Cl2N4O3S2/c1-7-4-13-12(6-11(7)18)19-16(27-13)21-15(26)20-14(23)9-5-8(22(24)25)2-3-10(9)17/h2-6H,1H3,(H2,19,20,21,23,26). The predicted molar refractivity (Wildman–Crippen MR) is 111 cm³/mol. The van der Waals surface area contributed by atoms with Crippen LogP contribution in [0.5, 0.6) is 0 Å². The summed E-state index contributed by atoms with van der Waals surface area (Å²) in [5.41, 5.74) is 1.33. The number of hydrogen-bond donors (Lipinski definition) is 2. The van der Waals surface area contributed by atoms with E-state index < -0.39 is 10.8 Å². The number of carbonyl (C=O) groups is 1. The molecule has 0 saturated carbocycles. The average Bonchev–Trinajstić information content (AvgIpc) is 2.95. The Morgan fingerprint density at radius 2 is 2.00 bits per heavy atom. The van der Waals surface area contributed by atoms with Crippen molar-refractivity contribution >= 4 is 78.8 Å². The molecular formula is C16H10Cl2N4O3S2. The van der Waals surface area contributed by atoms with Gasteiger partial charge in [0.1, 0.15) is 0 Å². The fourth-order valence-electron chi connectivity index (χ4n) is 2.20. The van der Waals surface area contributed by atoms with Crippen molar-refractivity contribution in [3.05, 3.63) is 61.6 Å². The van der Waals surface area contributed by atoms with Gasteiger partial charge in [0.2, 0.25) is 0 Å². The van der Waals surface area contributed by atoms with E-state index in [-0.39, 0.29) is 21.4 Å². The molecular weight excluding hydrogens is 431 g/mol. The van der Waals surface area contributed by atoms with Crippen molar-refractivity contribution in [3.8, 4) is 0 Å². The Balaban J connectivity index is 1.75. The predicted octanol–water partition coefficient (Wildman–Crippen LogP) is 4.95. The maximum atomic E-state index is 12.3. The summed E-state index contributed by atoms with van der Waals surface area (Å²) in [6.07, 6.45) is 0. The van der Waals surface area contributed by atoms with Gasteiger partial charge in [-0.25, -0.2) is 4.98 Å². The summed E-state index contributed by atoms with van der Waals surface area (Å²) in [6.45, 7) is 1.89. The minimum absolute atomic E-state index is 0.00977. The lowest BCUT2D eigenvalue weighted by Crippen LogP contribution is -2.34. The minimum atomic E-state index is -0.666. The van der Waals surface area contributed by atoms with E-state index in [1.54, 1.807) is 6.07 Å². The van der Waals surface area contributed by atoms with Gasteiger partial charge in [0.25, 0.3) is 11.6 Å². The molecule has 3 aromatic rings. The Labute approximate surface area is 172 Å². The zero-order valence-corrected chi connectivity index (χ0v) is 16.7. The number of anilines is 1. The SMILES string of the molecule is Cc1cc2sc(NC(=S)NC(=O)c3cc([N+](=O)[O-])ccc3Cl)nc2cc1Cl. The number of nitro groups is 1. The normalized spacial score (nSPS) is 10.6. The van der Waals surface area contributed by atoms with Gasteiger partial charge in [-0.3, -0.25) is 20.2 Å². The van der Waals surface area contributed by atoms with Crippen molar-refractivity contribution in [2.45, 2.75) is 6.92 Å². The lowest BCUT2D eigenvalue weighted by Gasteiger charge is -2.08. The van der Waals surface area contributed by atoms with Gasteiger partial charge in [-0.1, -0.05) is 34.5 Å². The molecule has 3 rings (SSSR count). The molecule has 138 valence electrons. The quantitative estimate of drug-likeness (QED) is 0.339. The third-order valence-electron chi connectivity index (χ3n) is 3.52. The molecule has 0 radical (unpaired) electrons. The van der Waals surface area contributed by atoms with Crippen LogP contribution in [0.15, 0.2) is 30.3 Å². The number of aryl methyl sites for hydroxylation is 1. The Bertz CT molecular complexity index is 1060. The summed E-state index contributed by atoms with van der Waals surface area (Å²) >= 11 is 18.5. The maximum absolute atomic E-state index is 12.3. The highest BCUT2D eigenvalue weighted by Gasteiger charge is 2.17. The largest absolute Gasteiger partial charge is 0.308 e. The van der Waals surface area contributed by atoms with Crippen molar-refractivity contribution < 1.29 is 9.72 Å². The number of rotatable bonds is 3. The third kappa shape index (κ3) is 4.33. The Kier molecular flexibility index (Phi) is 5.56. The van der Waals surface area contributed by atoms with Crippen LogP contribution in [0.25, 0.3) is 10.2 Å². The first kappa shape index (κ1) is 19.4. The smallest absolute Gasteiger partial charge is 0.270 e. The summed E-state index contributed by atoms with van der Waals surface area (Å²) in [7, 11) is 0. The molecule has 0 aliphatic rings. The molecule has 0 saturated heterocycles. The Morgan fingerprint density at radius 3 is 2.70 bits per heavy atom. The number of amides is 1. The van der Waals surface area contributed by atoms with Crippen LogP contribution in [0.1, 0.15) is 15.9 Å². The van der Waals surface area contributed by atoms with Crippen molar-refractivity contribution in [2.24, 2.45) is 0 Å². The summed E-state index contributed by atoms with van der Waals surface area (Å²) in [4.78, 5) is 26.9. The van der Waals surface area contributed by atoms with Crippen LogP contribution < -0.4 is 10.6 Å². The molecule has 11 heteroatoms. The highest BCUT2D eigenvalue weighted by Crippen LogP contribution is 2.30. The summed E-state index contributed by atoms with van der Waals surface area (Å²) in [6, 6.07) is 7.24. The van der Waals surface area contributed by atoms with Gasteiger partial charge in [-0.2, -0.15) is 0 Å². The molecule has 0 unspecified atom stereocenters. The zero-order valence-electron chi connectivity index (χ0n) is 13.6. The lowest BCUT2D eigenvalue weighted by molar-refractivity contribution is -0.384. The van der Waals surface area contributed by atoms with Crippen LogP contribution >= 0.6 is 46.8 Å². The van der Waals surface area contributed by atoms with Gasteiger partial charge in [0.05, 0.1) is 25.7 Å². The summed E-state index contributed by atoms with van der Waals surface area (Å²) in [5, 5.41) is 17.3.